The van der Waals surface area contributed by atoms with Gasteiger partial charge in [-0.3, -0.25) is 9.88 Å². The second kappa shape index (κ2) is 6.45. The summed E-state index contributed by atoms with van der Waals surface area (Å²) in [5, 5.41) is 5.99. The molecular weight excluding hydrogens is 316 g/mol. The Labute approximate surface area is 137 Å². The number of anilines is 2. The molecule has 0 saturated heterocycles. The van der Waals surface area contributed by atoms with Gasteiger partial charge in [-0.25, -0.2) is 19.7 Å². The molecule has 7 nitrogen and oxygen atoms in total. The lowest BCUT2D eigenvalue weighted by atomic mass is 10.2. The molecular formula is C15H13ClN6O. The molecule has 3 rings (SSSR count). The molecule has 2 heterocycles. The van der Waals surface area contributed by atoms with Gasteiger partial charge in [0.15, 0.2) is 0 Å². The number of nitrogens with zero attached hydrogens (tertiary/aromatic N) is 4. The molecule has 0 fully saturated rings. The molecule has 23 heavy (non-hydrogen) atoms. The van der Waals surface area contributed by atoms with Gasteiger partial charge in [0.05, 0.1) is 0 Å². The van der Waals surface area contributed by atoms with Gasteiger partial charge in [0, 0.05) is 29.2 Å². The molecule has 2 aromatic heterocycles. The highest BCUT2D eigenvalue weighted by atomic mass is 35.5. The van der Waals surface area contributed by atoms with Gasteiger partial charge in [0.1, 0.15) is 24.3 Å². The molecule has 1 aromatic carbocycles. The van der Waals surface area contributed by atoms with Crippen LogP contribution in [0.3, 0.4) is 0 Å². The molecule has 0 bridgehead atoms. The minimum atomic E-state index is -0.411. The van der Waals surface area contributed by atoms with Gasteiger partial charge >= 0.3 is 6.03 Å². The summed E-state index contributed by atoms with van der Waals surface area (Å²) in [6.45, 7) is 1.83. The SMILES string of the molecule is Cc1c(Cl)cccc1NC(=O)Nc1cc(-n2ccnc2)ncn1. The van der Waals surface area contributed by atoms with Crippen LogP contribution in [-0.2, 0) is 0 Å². The highest BCUT2D eigenvalue weighted by Gasteiger charge is 2.08. The number of benzene rings is 1. The van der Waals surface area contributed by atoms with E-state index in [1.807, 2.05) is 6.92 Å². The van der Waals surface area contributed by atoms with Crippen molar-refractivity contribution < 1.29 is 4.79 Å². The number of hydrogen-bond acceptors (Lipinski definition) is 4. The number of halogens is 1. The van der Waals surface area contributed by atoms with Crippen molar-refractivity contribution in [3.63, 3.8) is 0 Å². The Morgan fingerprint density at radius 2 is 2.13 bits per heavy atom. The molecule has 0 saturated carbocycles. The number of rotatable bonds is 3. The maximum absolute atomic E-state index is 12.1. The summed E-state index contributed by atoms with van der Waals surface area (Å²) < 4.78 is 1.71. The lowest BCUT2D eigenvalue weighted by Crippen LogP contribution is -2.21. The van der Waals surface area contributed by atoms with Gasteiger partial charge in [-0.1, -0.05) is 17.7 Å². The van der Waals surface area contributed by atoms with Crippen LogP contribution in [0.5, 0.6) is 0 Å². The van der Waals surface area contributed by atoms with Crippen molar-refractivity contribution in [2.24, 2.45) is 0 Å². The molecule has 0 unspecified atom stereocenters. The Morgan fingerprint density at radius 1 is 1.26 bits per heavy atom. The number of amides is 2. The van der Waals surface area contributed by atoms with Crippen LogP contribution < -0.4 is 10.6 Å². The van der Waals surface area contributed by atoms with Crippen LogP contribution in [0.2, 0.25) is 5.02 Å². The minimum Gasteiger partial charge on any atom is -0.307 e. The van der Waals surface area contributed by atoms with Crippen molar-refractivity contribution >= 4 is 29.1 Å². The number of aromatic nitrogens is 4. The summed E-state index contributed by atoms with van der Waals surface area (Å²) in [5.74, 6) is 0.979. The monoisotopic (exact) mass is 328 g/mol. The first-order valence-corrected chi connectivity index (χ1v) is 7.15. The van der Waals surface area contributed by atoms with Crippen LogP contribution in [0, 0.1) is 6.92 Å². The topological polar surface area (TPSA) is 84.7 Å². The Balaban J connectivity index is 1.73. The molecule has 116 valence electrons. The summed E-state index contributed by atoms with van der Waals surface area (Å²) in [7, 11) is 0. The van der Waals surface area contributed by atoms with Crippen molar-refractivity contribution in [1.82, 2.24) is 19.5 Å². The number of nitrogens with one attached hydrogen (secondary N) is 2. The summed E-state index contributed by atoms with van der Waals surface area (Å²) >= 11 is 6.03. The Kier molecular flexibility index (Phi) is 4.20. The first-order valence-electron chi connectivity index (χ1n) is 6.77. The van der Waals surface area contributed by atoms with Crippen LogP contribution in [0.15, 0.2) is 49.3 Å². The average Bonchev–Trinajstić information content (AvgIpc) is 3.06. The van der Waals surface area contributed by atoms with Crippen LogP contribution in [0.25, 0.3) is 5.82 Å². The van der Waals surface area contributed by atoms with Crippen LogP contribution in [0.4, 0.5) is 16.3 Å². The molecule has 0 aliphatic carbocycles. The van der Waals surface area contributed by atoms with E-state index in [0.29, 0.717) is 22.3 Å². The van der Waals surface area contributed by atoms with E-state index in [2.05, 4.69) is 25.6 Å². The summed E-state index contributed by atoms with van der Waals surface area (Å²) in [6.07, 6.45) is 6.38. The number of carbonyl (C=O) groups excluding carboxylic acids is 1. The molecule has 8 heteroatoms. The largest absolute Gasteiger partial charge is 0.324 e. The lowest BCUT2D eigenvalue weighted by molar-refractivity contribution is 0.262. The van der Waals surface area contributed by atoms with Crippen molar-refractivity contribution in [1.29, 1.82) is 0 Å². The van der Waals surface area contributed by atoms with Crippen molar-refractivity contribution in [2.45, 2.75) is 6.92 Å². The highest BCUT2D eigenvalue weighted by Crippen LogP contribution is 2.23. The lowest BCUT2D eigenvalue weighted by Gasteiger charge is -2.10. The van der Waals surface area contributed by atoms with E-state index in [-0.39, 0.29) is 0 Å². The van der Waals surface area contributed by atoms with E-state index in [1.54, 1.807) is 47.6 Å². The van der Waals surface area contributed by atoms with Crippen molar-refractivity contribution in [2.75, 3.05) is 10.6 Å². The second-order valence-corrected chi connectivity index (χ2v) is 5.13. The molecule has 3 aromatic rings. The van der Waals surface area contributed by atoms with Crippen LogP contribution in [0.1, 0.15) is 5.56 Å². The first kappa shape index (κ1) is 15.0. The van der Waals surface area contributed by atoms with Gasteiger partial charge in [0.2, 0.25) is 0 Å². The normalized spacial score (nSPS) is 10.3. The molecule has 2 amide bonds. The molecule has 0 aliphatic heterocycles. The van der Waals surface area contributed by atoms with Gasteiger partial charge in [-0.05, 0) is 24.6 Å². The Morgan fingerprint density at radius 3 is 2.91 bits per heavy atom. The van der Waals surface area contributed by atoms with E-state index >= 15 is 0 Å². The number of carbonyl (C=O) groups is 1. The first-order chi connectivity index (χ1) is 11.1. The summed E-state index contributed by atoms with van der Waals surface area (Å²) in [4.78, 5) is 24.2. The van der Waals surface area contributed by atoms with E-state index < -0.39 is 6.03 Å². The van der Waals surface area contributed by atoms with Crippen molar-refractivity contribution in [3.8, 4) is 5.82 Å². The quantitative estimate of drug-likeness (QED) is 0.772. The zero-order valence-electron chi connectivity index (χ0n) is 12.2. The average molecular weight is 329 g/mol. The predicted molar refractivity (Wildman–Crippen MR) is 88.0 cm³/mol. The van der Waals surface area contributed by atoms with Crippen LogP contribution in [-0.4, -0.2) is 25.6 Å². The summed E-state index contributed by atoms with van der Waals surface area (Å²) in [5.41, 5.74) is 1.44. The maximum Gasteiger partial charge on any atom is 0.324 e. The third-order valence-electron chi connectivity index (χ3n) is 3.18. The molecule has 0 radical (unpaired) electrons. The number of hydrogen-bond donors (Lipinski definition) is 2. The smallest absolute Gasteiger partial charge is 0.307 e. The van der Waals surface area contributed by atoms with Crippen molar-refractivity contribution in [3.05, 3.63) is 59.9 Å². The molecule has 0 aliphatic rings. The fourth-order valence-electron chi connectivity index (χ4n) is 1.96. The fraction of sp³-hybridized carbons (Fsp3) is 0.0667. The second-order valence-electron chi connectivity index (χ2n) is 4.72. The van der Waals surface area contributed by atoms with Gasteiger partial charge in [-0.2, -0.15) is 0 Å². The van der Waals surface area contributed by atoms with E-state index in [9.17, 15) is 4.79 Å². The number of imidazole rings is 1. The fourth-order valence-corrected chi connectivity index (χ4v) is 2.14. The van der Waals surface area contributed by atoms with E-state index in [4.69, 9.17) is 11.6 Å². The highest BCUT2D eigenvalue weighted by molar-refractivity contribution is 6.31. The molecule has 2 N–H and O–H groups in total. The van der Waals surface area contributed by atoms with Gasteiger partial charge < -0.3 is 5.32 Å². The summed E-state index contributed by atoms with van der Waals surface area (Å²) in [6, 6.07) is 6.55. The van der Waals surface area contributed by atoms with Gasteiger partial charge in [0.25, 0.3) is 0 Å². The van der Waals surface area contributed by atoms with Gasteiger partial charge in [-0.15, -0.1) is 0 Å². The van der Waals surface area contributed by atoms with E-state index in [0.717, 1.165) is 5.56 Å². The van der Waals surface area contributed by atoms with E-state index in [1.165, 1.54) is 6.33 Å². The van der Waals surface area contributed by atoms with Crippen LogP contribution >= 0.6 is 11.6 Å². The predicted octanol–water partition coefficient (Wildman–Crippen LogP) is 3.27. The third kappa shape index (κ3) is 3.46. The Bertz CT molecular complexity index is 834. The molecule has 0 spiro atoms. The molecule has 0 atom stereocenters. The minimum absolute atomic E-state index is 0.376. The maximum atomic E-state index is 12.1. The number of urea groups is 1. The zero-order chi connectivity index (χ0) is 16.2. The third-order valence-corrected chi connectivity index (χ3v) is 3.59. The Hall–Kier alpha value is -2.93. The standard InChI is InChI=1S/C15H13ClN6O/c1-10-11(16)3-2-4-12(10)20-15(23)21-13-7-14(19-8-18-13)22-6-5-17-9-22/h2-9H,1H3,(H2,18,19,20,21,23). The zero-order valence-corrected chi connectivity index (χ0v) is 12.9.